The Labute approximate surface area is 180 Å². The molecule has 1 unspecified atom stereocenters. The Morgan fingerprint density at radius 2 is 1.97 bits per heavy atom. The van der Waals surface area contributed by atoms with Gasteiger partial charge in [0.05, 0.1) is 12.4 Å². The molecule has 2 aromatic heterocycles. The number of aromatic nitrogens is 3. The second-order valence-corrected chi connectivity index (χ2v) is 7.98. The number of aryl methyl sites for hydroxylation is 2. The Morgan fingerprint density at radius 3 is 2.74 bits per heavy atom. The number of nitrogens with one attached hydrogen (secondary N) is 1. The quantitative estimate of drug-likeness (QED) is 0.485. The van der Waals surface area contributed by atoms with Crippen LogP contribution in [-0.4, -0.2) is 37.0 Å². The number of aliphatic hydroxyl groups is 1. The molecule has 6 heteroatoms. The minimum atomic E-state index is -0.353. The number of rotatable bonds is 6. The van der Waals surface area contributed by atoms with Gasteiger partial charge in [-0.2, -0.15) is 0 Å². The molecule has 1 aliphatic rings. The first-order valence-corrected chi connectivity index (χ1v) is 10.5. The Bertz CT molecular complexity index is 1260. The molecule has 0 aliphatic carbocycles. The summed E-state index contributed by atoms with van der Waals surface area (Å²) in [5.41, 5.74) is 4.71. The third-order valence-electron chi connectivity index (χ3n) is 5.93. The largest absolute Gasteiger partial charge is 0.503 e. The van der Waals surface area contributed by atoms with Crippen molar-refractivity contribution in [3.05, 3.63) is 95.9 Å². The number of imidazole rings is 1. The fraction of sp³-hybridized carbons (Fsp3) is 0.200. The molecule has 0 saturated carbocycles. The number of carbonyl (C=O) groups is 1. The average Bonchev–Trinajstić information content (AvgIpc) is 3.49. The number of H-pyrrole nitrogens is 1. The number of amides is 1. The molecule has 2 aromatic carbocycles. The van der Waals surface area contributed by atoms with E-state index >= 15 is 0 Å². The lowest BCUT2D eigenvalue weighted by Crippen LogP contribution is -2.31. The average molecular weight is 412 g/mol. The molecule has 1 atom stereocenters. The minimum Gasteiger partial charge on any atom is -0.503 e. The van der Waals surface area contributed by atoms with Crippen LogP contribution in [0.4, 0.5) is 0 Å². The van der Waals surface area contributed by atoms with Gasteiger partial charge in [0.15, 0.2) is 5.76 Å². The van der Waals surface area contributed by atoms with Crippen LogP contribution in [0.2, 0.25) is 0 Å². The lowest BCUT2D eigenvalue weighted by atomic mass is 9.93. The van der Waals surface area contributed by atoms with Crippen LogP contribution in [0.1, 0.15) is 29.2 Å². The van der Waals surface area contributed by atoms with Crippen molar-refractivity contribution in [2.45, 2.75) is 25.9 Å². The standard InChI is InChI=1S/C25H24N4O2/c1-17-8-9-19-20(15-27-21(19)14-17)23-22(18-6-3-2-4-7-18)24(30)25(31)29(23)12-5-11-28-13-10-26-16-28/h2-4,6-10,13-16,23,27,30H,5,11-12H2,1H3. The number of fused-ring (bicyclic) bond motifs is 1. The van der Waals surface area contributed by atoms with E-state index in [1.807, 2.05) is 47.3 Å². The highest BCUT2D eigenvalue weighted by atomic mass is 16.3. The summed E-state index contributed by atoms with van der Waals surface area (Å²) in [6.07, 6.45) is 8.16. The molecule has 1 aliphatic heterocycles. The third-order valence-corrected chi connectivity index (χ3v) is 5.93. The van der Waals surface area contributed by atoms with Gasteiger partial charge in [0.2, 0.25) is 0 Å². The first-order valence-electron chi connectivity index (χ1n) is 10.5. The molecular formula is C25H24N4O2. The van der Waals surface area contributed by atoms with Crippen molar-refractivity contribution in [1.29, 1.82) is 0 Å². The number of aliphatic hydroxyl groups excluding tert-OH is 1. The summed E-state index contributed by atoms with van der Waals surface area (Å²) >= 11 is 0. The lowest BCUT2D eigenvalue weighted by molar-refractivity contribution is -0.129. The minimum absolute atomic E-state index is 0.166. The van der Waals surface area contributed by atoms with Crippen molar-refractivity contribution >= 4 is 22.4 Å². The molecule has 0 bridgehead atoms. The van der Waals surface area contributed by atoms with Crippen molar-refractivity contribution in [3.63, 3.8) is 0 Å². The smallest absolute Gasteiger partial charge is 0.289 e. The Balaban J connectivity index is 1.56. The zero-order chi connectivity index (χ0) is 21.4. The van der Waals surface area contributed by atoms with E-state index in [4.69, 9.17) is 0 Å². The molecule has 6 nitrogen and oxygen atoms in total. The van der Waals surface area contributed by atoms with Crippen LogP contribution >= 0.6 is 0 Å². The predicted octanol–water partition coefficient (Wildman–Crippen LogP) is 4.62. The number of hydrogen-bond donors (Lipinski definition) is 2. The third kappa shape index (κ3) is 3.40. The summed E-state index contributed by atoms with van der Waals surface area (Å²) in [5, 5.41) is 12.0. The normalized spacial score (nSPS) is 16.6. The van der Waals surface area contributed by atoms with E-state index in [1.54, 1.807) is 17.4 Å². The van der Waals surface area contributed by atoms with Crippen molar-refractivity contribution in [3.8, 4) is 0 Å². The molecule has 4 aromatic rings. The lowest BCUT2D eigenvalue weighted by Gasteiger charge is -2.27. The summed E-state index contributed by atoms with van der Waals surface area (Å²) < 4.78 is 2.00. The zero-order valence-corrected chi connectivity index (χ0v) is 17.3. The van der Waals surface area contributed by atoms with Crippen LogP contribution in [0, 0.1) is 6.92 Å². The van der Waals surface area contributed by atoms with Crippen molar-refractivity contribution in [2.24, 2.45) is 0 Å². The Kier molecular flexibility index (Phi) is 4.82. The summed E-state index contributed by atoms with van der Waals surface area (Å²) in [6, 6.07) is 15.6. The molecule has 3 heterocycles. The summed E-state index contributed by atoms with van der Waals surface area (Å²) in [4.78, 5) is 22.4. The van der Waals surface area contributed by atoms with Gasteiger partial charge in [-0.15, -0.1) is 0 Å². The second-order valence-electron chi connectivity index (χ2n) is 7.98. The maximum atomic E-state index is 13.2. The topological polar surface area (TPSA) is 74.2 Å². The number of carbonyl (C=O) groups excluding carboxylic acids is 1. The van der Waals surface area contributed by atoms with E-state index in [-0.39, 0.29) is 17.7 Å². The number of benzene rings is 2. The monoisotopic (exact) mass is 412 g/mol. The highest BCUT2D eigenvalue weighted by molar-refractivity contribution is 6.06. The highest BCUT2D eigenvalue weighted by Crippen LogP contribution is 2.45. The van der Waals surface area contributed by atoms with Gasteiger partial charge < -0.3 is 19.6 Å². The maximum Gasteiger partial charge on any atom is 0.289 e. The molecule has 0 spiro atoms. The molecule has 0 radical (unpaired) electrons. The summed E-state index contributed by atoms with van der Waals surface area (Å²) in [5.74, 6) is -0.490. The molecular weight excluding hydrogens is 388 g/mol. The van der Waals surface area contributed by atoms with Gasteiger partial charge in [-0.3, -0.25) is 4.79 Å². The van der Waals surface area contributed by atoms with Crippen molar-refractivity contribution in [2.75, 3.05) is 6.54 Å². The van der Waals surface area contributed by atoms with E-state index in [0.29, 0.717) is 12.1 Å². The van der Waals surface area contributed by atoms with E-state index in [0.717, 1.165) is 35.0 Å². The van der Waals surface area contributed by atoms with Gasteiger partial charge in [-0.05, 0) is 30.5 Å². The van der Waals surface area contributed by atoms with E-state index in [1.165, 1.54) is 5.56 Å². The number of nitrogens with zero attached hydrogens (tertiary/aromatic N) is 3. The van der Waals surface area contributed by atoms with Gasteiger partial charge >= 0.3 is 0 Å². The van der Waals surface area contributed by atoms with Gasteiger partial charge in [-0.25, -0.2) is 4.98 Å². The van der Waals surface area contributed by atoms with E-state index in [9.17, 15) is 9.90 Å². The van der Waals surface area contributed by atoms with Gasteiger partial charge in [0.25, 0.3) is 5.91 Å². The molecule has 5 rings (SSSR count). The molecule has 0 saturated heterocycles. The fourth-order valence-corrected chi connectivity index (χ4v) is 4.45. The second kappa shape index (κ2) is 7.80. The van der Waals surface area contributed by atoms with Crippen LogP contribution < -0.4 is 0 Å². The zero-order valence-electron chi connectivity index (χ0n) is 17.3. The van der Waals surface area contributed by atoms with Crippen LogP contribution in [0.5, 0.6) is 0 Å². The van der Waals surface area contributed by atoms with Crippen LogP contribution in [-0.2, 0) is 11.3 Å². The maximum absolute atomic E-state index is 13.2. The molecule has 1 amide bonds. The van der Waals surface area contributed by atoms with Crippen LogP contribution in [0.15, 0.2) is 79.2 Å². The molecule has 2 N–H and O–H groups in total. The molecule has 31 heavy (non-hydrogen) atoms. The first kappa shape index (κ1) is 19.2. The van der Waals surface area contributed by atoms with Gasteiger partial charge in [0.1, 0.15) is 0 Å². The van der Waals surface area contributed by atoms with Crippen LogP contribution in [0.25, 0.3) is 16.5 Å². The van der Waals surface area contributed by atoms with E-state index < -0.39 is 0 Å². The Morgan fingerprint density at radius 1 is 1.13 bits per heavy atom. The van der Waals surface area contributed by atoms with Crippen LogP contribution in [0.3, 0.4) is 0 Å². The SMILES string of the molecule is Cc1ccc2c(C3C(c4ccccc4)=C(O)C(=O)N3CCCn3ccnc3)c[nH]c2c1. The number of aromatic amines is 1. The fourth-order valence-electron chi connectivity index (χ4n) is 4.45. The van der Waals surface area contributed by atoms with Crippen molar-refractivity contribution < 1.29 is 9.90 Å². The van der Waals surface area contributed by atoms with Gasteiger partial charge in [-0.1, -0.05) is 42.5 Å². The van der Waals surface area contributed by atoms with Gasteiger partial charge in [0, 0.05) is 53.7 Å². The predicted molar refractivity (Wildman–Crippen MR) is 120 cm³/mol. The highest BCUT2D eigenvalue weighted by Gasteiger charge is 2.41. The number of hydrogen-bond acceptors (Lipinski definition) is 3. The molecule has 0 fully saturated rings. The molecule has 156 valence electrons. The van der Waals surface area contributed by atoms with E-state index in [2.05, 4.69) is 35.1 Å². The van der Waals surface area contributed by atoms with Crippen molar-refractivity contribution in [1.82, 2.24) is 19.4 Å². The summed E-state index contributed by atoms with van der Waals surface area (Å²) in [7, 11) is 0. The Hall–Kier alpha value is -3.80. The summed E-state index contributed by atoms with van der Waals surface area (Å²) in [6.45, 7) is 3.34. The first-order chi connectivity index (χ1) is 15.1.